The van der Waals surface area contributed by atoms with Gasteiger partial charge in [0.25, 0.3) is 10.0 Å². The standard InChI is InChI=1S/C21H15Cl3N2O5S2/c22-12-1-7-16(8-2-12)33(30,31)26-14-3-5-15(6-4-14)32-11-19(27)25-18-10-13(23)9-17(24)20(18)21(28)29/h1-10,26H,11H2,(H,25,27)(H,28,29). The lowest BCUT2D eigenvalue weighted by Gasteiger charge is -2.11. The van der Waals surface area contributed by atoms with Crippen LogP contribution in [0.2, 0.25) is 15.1 Å². The van der Waals surface area contributed by atoms with Crippen LogP contribution in [0.5, 0.6) is 0 Å². The molecule has 3 aromatic carbocycles. The van der Waals surface area contributed by atoms with E-state index in [4.69, 9.17) is 34.8 Å². The normalized spacial score (nSPS) is 11.1. The number of carboxylic acid groups (broad SMARTS) is 1. The van der Waals surface area contributed by atoms with E-state index < -0.39 is 21.9 Å². The Bertz CT molecular complexity index is 1300. The molecule has 0 saturated carbocycles. The van der Waals surface area contributed by atoms with Gasteiger partial charge in [-0.1, -0.05) is 34.8 Å². The zero-order valence-electron chi connectivity index (χ0n) is 16.5. The van der Waals surface area contributed by atoms with Gasteiger partial charge in [-0.3, -0.25) is 9.52 Å². The second-order valence-electron chi connectivity index (χ2n) is 6.54. The monoisotopic (exact) mass is 544 g/mol. The summed E-state index contributed by atoms with van der Waals surface area (Å²) in [6.07, 6.45) is 0. The number of benzene rings is 3. The quantitative estimate of drug-likeness (QED) is 0.305. The summed E-state index contributed by atoms with van der Waals surface area (Å²) >= 11 is 18.8. The van der Waals surface area contributed by atoms with Gasteiger partial charge in [0.1, 0.15) is 5.56 Å². The van der Waals surface area contributed by atoms with Crippen molar-refractivity contribution in [3.63, 3.8) is 0 Å². The van der Waals surface area contributed by atoms with E-state index in [0.717, 1.165) is 0 Å². The highest BCUT2D eigenvalue weighted by molar-refractivity contribution is 8.00. The Morgan fingerprint density at radius 1 is 0.909 bits per heavy atom. The van der Waals surface area contributed by atoms with E-state index in [1.807, 2.05) is 0 Å². The van der Waals surface area contributed by atoms with Gasteiger partial charge in [0.15, 0.2) is 0 Å². The number of anilines is 2. The number of hydrogen-bond acceptors (Lipinski definition) is 5. The molecule has 0 radical (unpaired) electrons. The van der Waals surface area contributed by atoms with Gasteiger partial charge in [0.05, 0.1) is 21.4 Å². The first-order valence-electron chi connectivity index (χ1n) is 9.08. The van der Waals surface area contributed by atoms with Crippen LogP contribution in [0, 0.1) is 0 Å². The van der Waals surface area contributed by atoms with E-state index in [9.17, 15) is 23.1 Å². The van der Waals surface area contributed by atoms with Crippen LogP contribution in [0.15, 0.2) is 70.5 Å². The fourth-order valence-electron chi connectivity index (χ4n) is 2.67. The minimum Gasteiger partial charge on any atom is -0.478 e. The summed E-state index contributed by atoms with van der Waals surface area (Å²) in [5.74, 6) is -1.79. The molecule has 0 atom stereocenters. The van der Waals surface area contributed by atoms with Crippen molar-refractivity contribution in [2.75, 3.05) is 15.8 Å². The summed E-state index contributed by atoms with van der Waals surface area (Å²) in [6, 6.07) is 14.8. The Morgan fingerprint density at radius 3 is 2.15 bits per heavy atom. The second-order valence-corrected chi connectivity index (χ2v) is 10.5. The zero-order valence-corrected chi connectivity index (χ0v) is 20.4. The first-order valence-corrected chi connectivity index (χ1v) is 12.7. The highest BCUT2D eigenvalue weighted by atomic mass is 35.5. The number of amides is 1. The summed E-state index contributed by atoms with van der Waals surface area (Å²) in [7, 11) is -3.77. The maximum Gasteiger partial charge on any atom is 0.339 e. The highest BCUT2D eigenvalue weighted by Crippen LogP contribution is 2.30. The molecule has 0 aliphatic heterocycles. The van der Waals surface area contributed by atoms with E-state index in [1.54, 1.807) is 24.3 Å². The highest BCUT2D eigenvalue weighted by Gasteiger charge is 2.18. The Kier molecular flexibility index (Phi) is 8.14. The molecule has 0 heterocycles. The third-order valence-electron chi connectivity index (χ3n) is 4.14. The van der Waals surface area contributed by atoms with E-state index in [2.05, 4.69) is 10.0 Å². The molecule has 33 heavy (non-hydrogen) atoms. The first kappa shape index (κ1) is 25.2. The van der Waals surface area contributed by atoms with Gasteiger partial charge in [-0.2, -0.15) is 0 Å². The number of carbonyl (C=O) groups is 2. The average molecular weight is 546 g/mol. The maximum atomic E-state index is 12.4. The molecule has 3 rings (SSSR count). The molecular formula is C21H15Cl3N2O5S2. The molecule has 172 valence electrons. The molecule has 12 heteroatoms. The molecule has 1 amide bonds. The van der Waals surface area contributed by atoms with Crippen LogP contribution >= 0.6 is 46.6 Å². The summed E-state index contributed by atoms with van der Waals surface area (Å²) in [6.45, 7) is 0. The summed E-state index contributed by atoms with van der Waals surface area (Å²) in [5, 5.41) is 12.3. The molecule has 0 aromatic heterocycles. The van der Waals surface area contributed by atoms with Gasteiger partial charge in [-0.15, -0.1) is 11.8 Å². The first-order chi connectivity index (χ1) is 15.5. The van der Waals surface area contributed by atoms with Crippen molar-refractivity contribution in [2.45, 2.75) is 9.79 Å². The van der Waals surface area contributed by atoms with Crippen molar-refractivity contribution >= 4 is 79.8 Å². The van der Waals surface area contributed by atoms with Gasteiger partial charge in [-0.05, 0) is 60.7 Å². The summed E-state index contributed by atoms with van der Waals surface area (Å²) < 4.78 is 27.3. The van der Waals surface area contributed by atoms with Crippen molar-refractivity contribution in [3.8, 4) is 0 Å². The molecule has 0 fully saturated rings. The van der Waals surface area contributed by atoms with Crippen molar-refractivity contribution in [3.05, 3.63) is 81.3 Å². The molecule has 0 saturated heterocycles. The van der Waals surface area contributed by atoms with Gasteiger partial charge in [0.2, 0.25) is 5.91 Å². The van der Waals surface area contributed by atoms with Crippen LogP contribution in [0.25, 0.3) is 0 Å². The molecule has 0 unspecified atom stereocenters. The van der Waals surface area contributed by atoms with Crippen molar-refractivity contribution in [1.82, 2.24) is 0 Å². The van der Waals surface area contributed by atoms with Crippen LogP contribution in [-0.4, -0.2) is 31.2 Å². The fourth-order valence-corrected chi connectivity index (χ4v) is 5.13. The van der Waals surface area contributed by atoms with Crippen molar-refractivity contribution in [1.29, 1.82) is 0 Å². The number of carboxylic acids is 1. The van der Waals surface area contributed by atoms with Crippen molar-refractivity contribution < 1.29 is 23.1 Å². The van der Waals surface area contributed by atoms with E-state index in [0.29, 0.717) is 15.6 Å². The second kappa shape index (κ2) is 10.7. The van der Waals surface area contributed by atoms with Crippen LogP contribution < -0.4 is 10.0 Å². The summed E-state index contributed by atoms with van der Waals surface area (Å²) in [4.78, 5) is 24.5. The molecule has 0 bridgehead atoms. The predicted molar refractivity (Wildman–Crippen MR) is 131 cm³/mol. The van der Waals surface area contributed by atoms with Crippen molar-refractivity contribution in [2.24, 2.45) is 0 Å². The van der Waals surface area contributed by atoms with E-state index in [1.165, 1.54) is 48.2 Å². The molecular weight excluding hydrogens is 531 g/mol. The Morgan fingerprint density at radius 2 is 1.55 bits per heavy atom. The molecule has 0 spiro atoms. The number of halogens is 3. The lowest BCUT2D eigenvalue weighted by molar-refractivity contribution is -0.113. The molecule has 7 nitrogen and oxygen atoms in total. The number of carbonyl (C=O) groups excluding carboxylic acids is 1. The van der Waals surface area contributed by atoms with Gasteiger partial charge in [-0.25, -0.2) is 13.2 Å². The topological polar surface area (TPSA) is 113 Å². The molecule has 3 N–H and O–H groups in total. The number of aromatic carboxylic acids is 1. The third kappa shape index (κ3) is 6.78. The SMILES string of the molecule is O=C(CSc1ccc(NS(=O)(=O)c2ccc(Cl)cc2)cc1)Nc1cc(Cl)cc(Cl)c1C(=O)O. The van der Waals surface area contributed by atoms with Crippen LogP contribution in [0.3, 0.4) is 0 Å². The number of thioether (sulfide) groups is 1. The van der Waals surface area contributed by atoms with E-state index >= 15 is 0 Å². The third-order valence-corrected chi connectivity index (χ3v) is 7.32. The fraction of sp³-hybridized carbons (Fsp3) is 0.0476. The maximum absolute atomic E-state index is 12.4. The number of nitrogens with one attached hydrogen (secondary N) is 2. The molecule has 0 aliphatic rings. The van der Waals surface area contributed by atoms with Crippen LogP contribution in [-0.2, 0) is 14.8 Å². The number of hydrogen-bond donors (Lipinski definition) is 3. The smallest absolute Gasteiger partial charge is 0.339 e. The van der Waals surface area contributed by atoms with Crippen LogP contribution in [0.4, 0.5) is 11.4 Å². The number of rotatable bonds is 8. The molecule has 0 aliphatic carbocycles. The van der Waals surface area contributed by atoms with Gasteiger partial charge in [0, 0.05) is 20.6 Å². The largest absolute Gasteiger partial charge is 0.478 e. The van der Waals surface area contributed by atoms with Gasteiger partial charge < -0.3 is 10.4 Å². The minimum atomic E-state index is -3.77. The minimum absolute atomic E-state index is 0.00226. The lowest BCUT2D eigenvalue weighted by Crippen LogP contribution is -2.17. The Balaban J connectivity index is 1.61. The van der Waals surface area contributed by atoms with E-state index in [-0.39, 0.29) is 31.9 Å². The number of sulfonamides is 1. The molecule has 3 aromatic rings. The predicted octanol–water partition coefficient (Wildman–Crippen LogP) is 5.88. The Hall–Kier alpha value is -2.43. The van der Waals surface area contributed by atoms with Crippen LogP contribution in [0.1, 0.15) is 10.4 Å². The average Bonchev–Trinajstić information content (AvgIpc) is 2.72. The Labute approximate surface area is 209 Å². The summed E-state index contributed by atoms with van der Waals surface area (Å²) in [5.41, 5.74) is 0.0905. The lowest BCUT2D eigenvalue weighted by atomic mass is 10.1. The van der Waals surface area contributed by atoms with Gasteiger partial charge >= 0.3 is 5.97 Å². The zero-order chi connectivity index (χ0) is 24.2.